The number of halogens is 2. The maximum atomic E-state index is 11.9. The van der Waals surface area contributed by atoms with Crippen molar-refractivity contribution in [2.24, 2.45) is 10.7 Å². The molecule has 1 aromatic carbocycles. The second-order valence-corrected chi connectivity index (χ2v) is 4.28. The van der Waals surface area contributed by atoms with Crippen LogP contribution in [0.2, 0.25) is 0 Å². The summed E-state index contributed by atoms with van der Waals surface area (Å²) in [7, 11) is 0. The zero-order valence-electron chi connectivity index (χ0n) is 8.27. The quantitative estimate of drug-likeness (QED) is 0.888. The molecule has 1 aliphatic heterocycles. The summed E-state index contributed by atoms with van der Waals surface area (Å²) in [5.74, 6) is 0.947. The minimum absolute atomic E-state index is 0.0191. The van der Waals surface area contributed by atoms with Crippen molar-refractivity contribution in [3.8, 4) is 5.75 Å². The fraction of sp³-hybridized carbons (Fsp3) is 0.300. The van der Waals surface area contributed by atoms with E-state index in [4.69, 9.17) is 5.73 Å². The van der Waals surface area contributed by atoms with Crippen LogP contribution in [0.3, 0.4) is 0 Å². The molecule has 1 aromatic rings. The monoisotopic (exact) mass is 244 g/mol. The molecule has 0 saturated heterocycles. The minimum Gasteiger partial charge on any atom is -0.435 e. The maximum Gasteiger partial charge on any atom is 0.387 e. The van der Waals surface area contributed by atoms with Gasteiger partial charge in [-0.1, -0.05) is 23.9 Å². The fourth-order valence-electron chi connectivity index (χ4n) is 1.43. The number of nitrogens with zero attached hydrogens (tertiary/aromatic N) is 1. The van der Waals surface area contributed by atoms with Gasteiger partial charge in [0.1, 0.15) is 5.75 Å². The Morgan fingerprint density at radius 1 is 1.38 bits per heavy atom. The van der Waals surface area contributed by atoms with Crippen LogP contribution in [0.4, 0.5) is 8.78 Å². The van der Waals surface area contributed by atoms with E-state index >= 15 is 0 Å². The normalized spacial score (nSPS) is 19.9. The predicted octanol–water partition coefficient (Wildman–Crippen LogP) is 2.39. The largest absolute Gasteiger partial charge is 0.435 e. The van der Waals surface area contributed by atoms with E-state index < -0.39 is 6.61 Å². The zero-order valence-corrected chi connectivity index (χ0v) is 9.08. The molecular weight excluding hydrogens is 234 g/mol. The number of ether oxygens (including phenoxy) is 1. The Kier molecular flexibility index (Phi) is 3.28. The van der Waals surface area contributed by atoms with Crippen LogP contribution in [0.1, 0.15) is 11.6 Å². The van der Waals surface area contributed by atoms with Crippen LogP contribution in [0.25, 0.3) is 0 Å². The Balaban J connectivity index is 2.07. The summed E-state index contributed by atoms with van der Waals surface area (Å²) in [6.45, 7) is -2.79. The number of benzene rings is 1. The summed E-state index contributed by atoms with van der Waals surface area (Å²) in [5, 5.41) is 0.568. The summed E-state index contributed by atoms with van der Waals surface area (Å²) < 4.78 is 28.1. The van der Waals surface area contributed by atoms with Crippen molar-refractivity contribution >= 4 is 16.9 Å². The summed E-state index contributed by atoms with van der Waals surface area (Å²) >= 11 is 1.49. The Bertz CT molecular complexity index is 394. The highest BCUT2D eigenvalue weighted by molar-refractivity contribution is 8.14. The number of amidine groups is 1. The van der Waals surface area contributed by atoms with Gasteiger partial charge in [0.05, 0.1) is 6.04 Å². The van der Waals surface area contributed by atoms with E-state index in [0.29, 0.717) is 5.17 Å². The molecule has 3 nitrogen and oxygen atoms in total. The number of hydrogen-bond donors (Lipinski definition) is 1. The van der Waals surface area contributed by atoms with E-state index in [1.165, 1.54) is 23.9 Å². The van der Waals surface area contributed by atoms with Gasteiger partial charge >= 0.3 is 6.61 Å². The average molecular weight is 244 g/mol. The molecule has 0 bridgehead atoms. The van der Waals surface area contributed by atoms with Crippen LogP contribution >= 0.6 is 11.8 Å². The number of alkyl halides is 2. The van der Waals surface area contributed by atoms with E-state index in [-0.39, 0.29) is 11.8 Å². The zero-order chi connectivity index (χ0) is 11.5. The molecule has 2 N–H and O–H groups in total. The number of aliphatic imine (C=N–C) groups is 1. The first-order valence-corrected chi connectivity index (χ1v) is 5.64. The third-order valence-electron chi connectivity index (χ3n) is 2.16. The van der Waals surface area contributed by atoms with Gasteiger partial charge in [0.25, 0.3) is 0 Å². The van der Waals surface area contributed by atoms with Gasteiger partial charge in [0.15, 0.2) is 5.17 Å². The third kappa shape index (κ3) is 2.63. The molecule has 6 heteroatoms. The second-order valence-electron chi connectivity index (χ2n) is 3.24. The lowest BCUT2D eigenvalue weighted by Gasteiger charge is -2.08. The van der Waals surface area contributed by atoms with E-state index in [1.807, 2.05) is 0 Å². The fourth-order valence-corrected chi connectivity index (χ4v) is 2.23. The van der Waals surface area contributed by atoms with Gasteiger partial charge in [0, 0.05) is 5.75 Å². The van der Waals surface area contributed by atoms with Crippen LogP contribution in [0.5, 0.6) is 5.75 Å². The second kappa shape index (κ2) is 4.69. The highest BCUT2D eigenvalue weighted by Gasteiger charge is 2.18. The summed E-state index contributed by atoms with van der Waals surface area (Å²) in [5.41, 5.74) is 6.50. The van der Waals surface area contributed by atoms with Crippen molar-refractivity contribution in [3.05, 3.63) is 29.8 Å². The van der Waals surface area contributed by atoms with Gasteiger partial charge < -0.3 is 10.5 Å². The number of nitrogens with two attached hydrogens (primary N) is 1. The first-order chi connectivity index (χ1) is 7.65. The minimum atomic E-state index is -2.79. The lowest BCUT2D eigenvalue weighted by Crippen LogP contribution is -2.02. The van der Waals surface area contributed by atoms with Crippen LogP contribution < -0.4 is 10.5 Å². The molecule has 16 heavy (non-hydrogen) atoms. The van der Waals surface area contributed by atoms with Crippen molar-refractivity contribution in [2.75, 3.05) is 5.75 Å². The molecule has 2 rings (SSSR count). The van der Waals surface area contributed by atoms with Crippen LogP contribution in [-0.2, 0) is 0 Å². The van der Waals surface area contributed by atoms with Crippen molar-refractivity contribution in [3.63, 3.8) is 0 Å². The van der Waals surface area contributed by atoms with Crippen molar-refractivity contribution in [1.29, 1.82) is 0 Å². The van der Waals surface area contributed by atoms with Gasteiger partial charge in [-0.05, 0) is 17.7 Å². The standard InChI is InChI=1S/C10H10F2N2OS/c11-9(12)15-7-3-1-6(2-4-7)8-5-16-10(13)14-8/h1-4,8-9H,5H2,(H2,13,14). The number of rotatable bonds is 3. The van der Waals surface area contributed by atoms with Gasteiger partial charge in [-0.3, -0.25) is 4.99 Å². The van der Waals surface area contributed by atoms with Gasteiger partial charge in [-0.15, -0.1) is 0 Å². The van der Waals surface area contributed by atoms with E-state index in [9.17, 15) is 8.78 Å². The van der Waals surface area contributed by atoms with Crippen molar-refractivity contribution in [2.45, 2.75) is 12.7 Å². The van der Waals surface area contributed by atoms with Crippen molar-refractivity contribution < 1.29 is 13.5 Å². The average Bonchev–Trinajstić information content (AvgIpc) is 2.65. The summed E-state index contributed by atoms with van der Waals surface area (Å²) in [6, 6.07) is 6.49. The van der Waals surface area contributed by atoms with Gasteiger partial charge in [0.2, 0.25) is 0 Å². The van der Waals surface area contributed by atoms with Crippen molar-refractivity contribution in [1.82, 2.24) is 0 Å². The molecule has 0 aromatic heterocycles. The molecule has 0 fully saturated rings. The lowest BCUT2D eigenvalue weighted by molar-refractivity contribution is -0.0498. The molecule has 0 spiro atoms. The predicted molar refractivity (Wildman–Crippen MR) is 59.9 cm³/mol. The molecular formula is C10H10F2N2OS. The molecule has 1 unspecified atom stereocenters. The molecule has 0 aliphatic carbocycles. The molecule has 0 amide bonds. The van der Waals surface area contributed by atoms with E-state index in [0.717, 1.165) is 11.3 Å². The highest BCUT2D eigenvalue weighted by atomic mass is 32.2. The molecule has 1 atom stereocenters. The number of hydrogen-bond acceptors (Lipinski definition) is 4. The molecule has 1 heterocycles. The van der Waals surface area contributed by atoms with Crippen LogP contribution in [0, 0.1) is 0 Å². The Morgan fingerprint density at radius 3 is 2.56 bits per heavy atom. The van der Waals surface area contributed by atoms with Gasteiger partial charge in [-0.25, -0.2) is 0 Å². The topological polar surface area (TPSA) is 47.6 Å². The first kappa shape index (κ1) is 11.2. The first-order valence-electron chi connectivity index (χ1n) is 4.66. The Hall–Kier alpha value is -1.30. The SMILES string of the molecule is NC1=NC(c2ccc(OC(F)F)cc2)CS1. The van der Waals surface area contributed by atoms with E-state index in [1.54, 1.807) is 12.1 Å². The van der Waals surface area contributed by atoms with Gasteiger partial charge in [-0.2, -0.15) is 8.78 Å². The smallest absolute Gasteiger partial charge is 0.387 e. The van der Waals surface area contributed by atoms with Crippen LogP contribution in [-0.4, -0.2) is 17.5 Å². The molecule has 86 valence electrons. The maximum absolute atomic E-state index is 11.9. The van der Waals surface area contributed by atoms with Crippen LogP contribution in [0.15, 0.2) is 29.3 Å². The number of thioether (sulfide) groups is 1. The summed E-state index contributed by atoms with van der Waals surface area (Å²) in [6.07, 6.45) is 0. The molecule has 0 radical (unpaired) electrons. The highest BCUT2D eigenvalue weighted by Crippen LogP contribution is 2.29. The van der Waals surface area contributed by atoms with E-state index in [2.05, 4.69) is 9.73 Å². The summed E-state index contributed by atoms with van der Waals surface area (Å²) in [4.78, 5) is 4.22. The lowest BCUT2D eigenvalue weighted by atomic mass is 10.1. The Morgan fingerprint density at radius 2 is 2.06 bits per heavy atom. The molecule has 0 saturated carbocycles. The molecule has 1 aliphatic rings. The third-order valence-corrected chi connectivity index (χ3v) is 3.05. The Labute approximate surface area is 95.7 Å².